The van der Waals surface area contributed by atoms with Crippen molar-refractivity contribution in [2.24, 2.45) is 0 Å². The molecule has 1 N–H and O–H groups in total. The summed E-state index contributed by atoms with van der Waals surface area (Å²) in [6, 6.07) is 10.7. The summed E-state index contributed by atoms with van der Waals surface area (Å²) >= 11 is 6.90. The number of carbonyl (C=O) groups is 1. The molecule has 1 saturated heterocycles. The van der Waals surface area contributed by atoms with Gasteiger partial charge in [-0.05, 0) is 31.2 Å². The third-order valence-corrected chi connectivity index (χ3v) is 7.77. The van der Waals surface area contributed by atoms with E-state index < -0.39 is 10.0 Å². The lowest BCUT2D eigenvalue weighted by molar-refractivity contribution is -0.117. The largest absolute Gasteiger partial charge is 0.325 e. The number of thiophene rings is 1. The summed E-state index contributed by atoms with van der Waals surface area (Å²) in [5.41, 5.74) is 1.89. The first kappa shape index (κ1) is 19.3. The molecule has 26 heavy (non-hydrogen) atoms. The maximum Gasteiger partial charge on any atom is 0.252 e. The number of sulfonamides is 1. The molecule has 0 aliphatic carbocycles. The second-order valence-electron chi connectivity index (χ2n) is 6.15. The first-order chi connectivity index (χ1) is 12.3. The minimum absolute atomic E-state index is 0.102. The maximum absolute atomic E-state index is 12.6. The summed E-state index contributed by atoms with van der Waals surface area (Å²) in [5, 5.41) is 2.86. The van der Waals surface area contributed by atoms with Crippen LogP contribution in [0.4, 0.5) is 5.69 Å². The minimum atomic E-state index is -3.51. The molecule has 3 rings (SSSR count). The lowest BCUT2D eigenvalue weighted by Gasteiger charge is -2.33. The van der Waals surface area contributed by atoms with Gasteiger partial charge in [-0.2, -0.15) is 4.31 Å². The number of benzene rings is 1. The molecule has 0 bridgehead atoms. The Bertz CT molecular complexity index is 873. The second-order valence-corrected chi connectivity index (χ2v) is 10.0. The van der Waals surface area contributed by atoms with Crippen LogP contribution < -0.4 is 5.32 Å². The normalized spacial score (nSPS) is 16.5. The average molecular weight is 414 g/mol. The number of nitrogens with zero attached hydrogens (tertiary/aromatic N) is 2. The maximum atomic E-state index is 12.6. The highest BCUT2D eigenvalue weighted by atomic mass is 35.5. The SMILES string of the molecule is Cc1ccc(NC(=O)CN2CCN(S(=O)(=O)c3ccc(Cl)s3)CC2)cc1. The van der Waals surface area contributed by atoms with Crippen LogP contribution in [0, 0.1) is 6.92 Å². The lowest BCUT2D eigenvalue weighted by Crippen LogP contribution is -2.50. The van der Waals surface area contributed by atoms with Gasteiger partial charge in [0.25, 0.3) is 10.0 Å². The van der Waals surface area contributed by atoms with Crippen LogP contribution in [0.3, 0.4) is 0 Å². The highest BCUT2D eigenvalue weighted by Crippen LogP contribution is 2.28. The van der Waals surface area contributed by atoms with Gasteiger partial charge in [0, 0.05) is 31.9 Å². The predicted octanol–water partition coefficient (Wildman–Crippen LogP) is 2.65. The predicted molar refractivity (Wildman–Crippen MR) is 104 cm³/mol. The standard InChI is InChI=1S/C17H20ClN3O3S2/c1-13-2-4-14(5-3-13)19-16(22)12-20-8-10-21(11-9-20)26(23,24)17-7-6-15(18)25-17/h2-7H,8-12H2,1H3,(H,19,22). The molecule has 1 aliphatic rings. The van der Waals surface area contributed by atoms with E-state index in [1.165, 1.54) is 10.4 Å². The van der Waals surface area contributed by atoms with Gasteiger partial charge in [-0.1, -0.05) is 29.3 Å². The second kappa shape index (κ2) is 8.06. The zero-order chi connectivity index (χ0) is 18.7. The summed E-state index contributed by atoms with van der Waals surface area (Å²) in [7, 11) is -3.51. The highest BCUT2D eigenvalue weighted by molar-refractivity contribution is 7.91. The van der Waals surface area contributed by atoms with Crippen molar-refractivity contribution >= 4 is 44.6 Å². The molecule has 1 amide bonds. The van der Waals surface area contributed by atoms with Crippen molar-refractivity contribution in [1.82, 2.24) is 9.21 Å². The number of hydrogen-bond acceptors (Lipinski definition) is 5. The van der Waals surface area contributed by atoms with Crippen molar-refractivity contribution in [3.8, 4) is 0 Å². The fraction of sp³-hybridized carbons (Fsp3) is 0.353. The minimum Gasteiger partial charge on any atom is -0.325 e. The van der Waals surface area contributed by atoms with E-state index in [-0.39, 0.29) is 16.7 Å². The van der Waals surface area contributed by atoms with E-state index in [2.05, 4.69) is 5.32 Å². The highest BCUT2D eigenvalue weighted by Gasteiger charge is 2.30. The molecule has 9 heteroatoms. The van der Waals surface area contributed by atoms with Crippen LogP contribution in [0.25, 0.3) is 0 Å². The van der Waals surface area contributed by atoms with Gasteiger partial charge in [-0.15, -0.1) is 11.3 Å². The van der Waals surface area contributed by atoms with Gasteiger partial charge in [-0.3, -0.25) is 9.69 Å². The first-order valence-corrected chi connectivity index (χ1v) is 10.8. The van der Waals surface area contributed by atoms with Gasteiger partial charge in [0.05, 0.1) is 10.9 Å². The third kappa shape index (κ3) is 4.63. The van der Waals surface area contributed by atoms with Crippen molar-refractivity contribution in [2.75, 3.05) is 38.0 Å². The Morgan fingerprint density at radius 2 is 1.77 bits per heavy atom. The number of amides is 1. The number of halogens is 1. The zero-order valence-corrected chi connectivity index (χ0v) is 16.7. The number of hydrogen-bond donors (Lipinski definition) is 1. The molecule has 0 radical (unpaired) electrons. The summed E-state index contributed by atoms with van der Waals surface area (Å²) in [6.45, 7) is 3.97. The molecule has 140 valence electrons. The lowest BCUT2D eigenvalue weighted by atomic mass is 10.2. The van der Waals surface area contributed by atoms with E-state index in [0.29, 0.717) is 30.5 Å². The van der Waals surface area contributed by atoms with Crippen molar-refractivity contribution in [1.29, 1.82) is 0 Å². The molecule has 0 unspecified atom stereocenters. The molecule has 0 atom stereocenters. The molecule has 1 aliphatic heterocycles. The Kier molecular flexibility index (Phi) is 5.99. The third-order valence-electron chi connectivity index (χ3n) is 4.18. The van der Waals surface area contributed by atoms with Gasteiger partial charge >= 0.3 is 0 Å². The van der Waals surface area contributed by atoms with Crippen LogP contribution >= 0.6 is 22.9 Å². The number of rotatable bonds is 5. The van der Waals surface area contributed by atoms with Crippen LogP contribution in [0.15, 0.2) is 40.6 Å². The van der Waals surface area contributed by atoms with E-state index in [9.17, 15) is 13.2 Å². The molecule has 1 fully saturated rings. The average Bonchev–Trinajstić information content (AvgIpc) is 3.05. The Morgan fingerprint density at radius 3 is 2.35 bits per heavy atom. The zero-order valence-electron chi connectivity index (χ0n) is 14.3. The van der Waals surface area contributed by atoms with Crippen LogP contribution in [0.5, 0.6) is 0 Å². The Balaban J connectivity index is 1.52. The summed E-state index contributed by atoms with van der Waals surface area (Å²) in [6.07, 6.45) is 0. The summed E-state index contributed by atoms with van der Waals surface area (Å²) < 4.78 is 27.3. The van der Waals surface area contributed by atoms with E-state index in [1.54, 1.807) is 6.07 Å². The van der Waals surface area contributed by atoms with Crippen LogP contribution in [-0.4, -0.2) is 56.3 Å². The van der Waals surface area contributed by atoms with Gasteiger partial charge in [0.15, 0.2) is 0 Å². The molecule has 2 heterocycles. The van der Waals surface area contributed by atoms with Crippen LogP contribution in [0.2, 0.25) is 4.34 Å². The van der Waals surface area contributed by atoms with Crippen molar-refractivity contribution < 1.29 is 13.2 Å². The van der Waals surface area contributed by atoms with Crippen molar-refractivity contribution in [3.63, 3.8) is 0 Å². The number of anilines is 1. The molecule has 6 nitrogen and oxygen atoms in total. The molecule has 2 aromatic rings. The van der Waals surface area contributed by atoms with Gasteiger partial charge < -0.3 is 5.32 Å². The van der Waals surface area contributed by atoms with Crippen molar-refractivity contribution in [3.05, 3.63) is 46.3 Å². The molecular formula is C17H20ClN3O3S2. The monoisotopic (exact) mass is 413 g/mol. The topological polar surface area (TPSA) is 69.7 Å². The van der Waals surface area contributed by atoms with E-state index in [0.717, 1.165) is 22.6 Å². The molecule has 1 aromatic heterocycles. The van der Waals surface area contributed by atoms with E-state index in [4.69, 9.17) is 11.6 Å². The number of piperazine rings is 1. The number of aryl methyl sites for hydroxylation is 1. The Morgan fingerprint density at radius 1 is 1.12 bits per heavy atom. The number of nitrogens with one attached hydrogen (secondary N) is 1. The molecular weight excluding hydrogens is 394 g/mol. The Hall–Kier alpha value is -1.45. The first-order valence-electron chi connectivity index (χ1n) is 8.19. The Labute approximate surface area is 162 Å². The summed E-state index contributed by atoms with van der Waals surface area (Å²) in [4.78, 5) is 14.1. The number of carbonyl (C=O) groups excluding carboxylic acids is 1. The molecule has 0 saturated carbocycles. The van der Waals surface area contributed by atoms with Crippen molar-refractivity contribution in [2.45, 2.75) is 11.1 Å². The quantitative estimate of drug-likeness (QED) is 0.818. The fourth-order valence-electron chi connectivity index (χ4n) is 2.73. The van der Waals surface area contributed by atoms with Crippen LogP contribution in [0.1, 0.15) is 5.56 Å². The smallest absolute Gasteiger partial charge is 0.252 e. The van der Waals surface area contributed by atoms with Gasteiger partial charge in [0.1, 0.15) is 4.21 Å². The summed E-state index contributed by atoms with van der Waals surface area (Å²) in [5.74, 6) is -0.102. The molecule has 1 aromatic carbocycles. The van der Waals surface area contributed by atoms with Crippen LogP contribution in [-0.2, 0) is 14.8 Å². The van der Waals surface area contributed by atoms with E-state index >= 15 is 0 Å². The molecule has 0 spiro atoms. The van der Waals surface area contributed by atoms with Gasteiger partial charge in [0.2, 0.25) is 5.91 Å². The van der Waals surface area contributed by atoms with E-state index in [1.807, 2.05) is 36.1 Å². The fourth-order valence-corrected chi connectivity index (χ4v) is 5.79. The van der Waals surface area contributed by atoms with Gasteiger partial charge in [-0.25, -0.2) is 8.42 Å².